The molecule has 0 bridgehead atoms. The van der Waals surface area contributed by atoms with Crippen molar-refractivity contribution in [1.29, 1.82) is 5.26 Å². The van der Waals surface area contributed by atoms with Crippen LogP contribution in [0.2, 0.25) is 0 Å². The molecule has 0 spiro atoms. The Morgan fingerprint density at radius 1 is 1.33 bits per heavy atom. The molecule has 1 saturated heterocycles. The highest BCUT2D eigenvalue weighted by Gasteiger charge is 2.13. The minimum absolute atomic E-state index is 0.270. The molecular formula is C12H14N2O. The molecule has 1 N–H and O–H groups in total. The zero-order valence-electron chi connectivity index (χ0n) is 8.57. The lowest BCUT2D eigenvalue weighted by Crippen LogP contribution is -2.37. The van der Waals surface area contributed by atoms with Gasteiger partial charge in [-0.05, 0) is 43.7 Å². The van der Waals surface area contributed by atoms with Crippen molar-refractivity contribution in [3.8, 4) is 11.8 Å². The Balaban J connectivity index is 1.95. The SMILES string of the molecule is N#Cc1ccc(O[C@@H]2CCCNC2)cc1. The third-order valence-corrected chi connectivity index (χ3v) is 2.54. The van der Waals surface area contributed by atoms with Crippen LogP contribution in [-0.2, 0) is 0 Å². The molecule has 0 unspecified atom stereocenters. The third-order valence-electron chi connectivity index (χ3n) is 2.54. The average Bonchev–Trinajstić information content (AvgIpc) is 2.31. The van der Waals surface area contributed by atoms with Crippen molar-refractivity contribution in [2.24, 2.45) is 0 Å². The second-order valence-corrected chi connectivity index (χ2v) is 3.72. The number of nitriles is 1. The van der Waals surface area contributed by atoms with E-state index in [9.17, 15) is 0 Å². The molecule has 1 aliphatic rings. The van der Waals surface area contributed by atoms with Gasteiger partial charge in [0.05, 0.1) is 11.6 Å². The van der Waals surface area contributed by atoms with Crippen LogP contribution >= 0.6 is 0 Å². The van der Waals surface area contributed by atoms with Crippen molar-refractivity contribution in [2.45, 2.75) is 18.9 Å². The van der Waals surface area contributed by atoms with E-state index in [-0.39, 0.29) is 6.10 Å². The van der Waals surface area contributed by atoms with Gasteiger partial charge in [0.1, 0.15) is 11.9 Å². The van der Waals surface area contributed by atoms with Gasteiger partial charge in [0.15, 0.2) is 0 Å². The van der Waals surface area contributed by atoms with Gasteiger partial charge < -0.3 is 10.1 Å². The van der Waals surface area contributed by atoms with Crippen molar-refractivity contribution >= 4 is 0 Å². The number of rotatable bonds is 2. The minimum Gasteiger partial charge on any atom is -0.489 e. The number of nitrogens with zero attached hydrogens (tertiary/aromatic N) is 1. The Morgan fingerprint density at radius 2 is 2.13 bits per heavy atom. The Hall–Kier alpha value is -1.53. The molecule has 1 aromatic carbocycles. The molecule has 1 aromatic rings. The largest absolute Gasteiger partial charge is 0.489 e. The maximum Gasteiger partial charge on any atom is 0.119 e. The number of hydrogen-bond acceptors (Lipinski definition) is 3. The van der Waals surface area contributed by atoms with Gasteiger partial charge in [-0.15, -0.1) is 0 Å². The van der Waals surface area contributed by atoms with Gasteiger partial charge in [-0.2, -0.15) is 5.26 Å². The highest BCUT2D eigenvalue weighted by molar-refractivity contribution is 5.34. The lowest BCUT2D eigenvalue weighted by Gasteiger charge is -2.23. The molecule has 1 heterocycles. The lowest BCUT2D eigenvalue weighted by atomic mass is 10.1. The fraction of sp³-hybridized carbons (Fsp3) is 0.417. The highest BCUT2D eigenvalue weighted by atomic mass is 16.5. The summed E-state index contributed by atoms with van der Waals surface area (Å²) in [7, 11) is 0. The molecule has 1 fully saturated rings. The predicted octanol–water partition coefficient (Wildman–Crippen LogP) is 1.69. The van der Waals surface area contributed by atoms with Crippen LogP contribution in [0.4, 0.5) is 0 Å². The maximum atomic E-state index is 8.65. The Morgan fingerprint density at radius 3 is 2.73 bits per heavy atom. The van der Waals surface area contributed by atoms with E-state index in [1.54, 1.807) is 12.1 Å². The van der Waals surface area contributed by atoms with E-state index in [1.807, 2.05) is 12.1 Å². The Kier molecular flexibility index (Phi) is 3.21. The van der Waals surface area contributed by atoms with Crippen LogP contribution in [0, 0.1) is 11.3 Å². The van der Waals surface area contributed by atoms with Gasteiger partial charge >= 0.3 is 0 Å². The summed E-state index contributed by atoms with van der Waals surface area (Å²) in [4.78, 5) is 0. The second-order valence-electron chi connectivity index (χ2n) is 3.72. The summed E-state index contributed by atoms with van der Waals surface area (Å²) in [6, 6.07) is 9.37. The summed E-state index contributed by atoms with van der Waals surface area (Å²) in [6.07, 6.45) is 2.54. The molecule has 0 radical (unpaired) electrons. The molecule has 0 aliphatic carbocycles. The smallest absolute Gasteiger partial charge is 0.119 e. The van der Waals surface area contributed by atoms with Crippen LogP contribution in [0.3, 0.4) is 0 Å². The van der Waals surface area contributed by atoms with Gasteiger partial charge in [0.2, 0.25) is 0 Å². The number of benzene rings is 1. The average molecular weight is 202 g/mol. The van der Waals surface area contributed by atoms with E-state index in [1.165, 1.54) is 6.42 Å². The van der Waals surface area contributed by atoms with Crippen molar-refractivity contribution in [2.75, 3.05) is 13.1 Å². The van der Waals surface area contributed by atoms with Crippen molar-refractivity contribution in [3.05, 3.63) is 29.8 Å². The summed E-state index contributed by atoms with van der Waals surface area (Å²) >= 11 is 0. The molecule has 0 saturated carbocycles. The first-order valence-corrected chi connectivity index (χ1v) is 5.26. The number of nitrogens with one attached hydrogen (secondary N) is 1. The van der Waals surface area contributed by atoms with Gasteiger partial charge in [-0.25, -0.2) is 0 Å². The topological polar surface area (TPSA) is 45.0 Å². The van der Waals surface area contributed by atoms with Crippen LogP contribution in [-0.4, -0.2) is 19.2 Å². The quantitative estimate of drug-likeness (QED) is 0.793. The summed E-state index contributed by atoms with van der Waals surface area (Å²) in [5.74, 6) is 0.850. The van der Waals surface area contributed by atoms with Crippen LogP contribution < -0.4 is 10.1 Å². The molecule has 0 amide bonds. The monoisotopic (exact) mass is 202 g/mol. The first-order valence-electron chi connectivity index (χ1n) is 5.26. The maximum absolute atomic E-state index is 8.65. The van der Waals surface area contributed by atoms with Crippen molar-refractivity contribution in [1.82, 2.24) is 5.32 Å². The number of ether oxygens (including phenoxy) is 1. The van der Waals surface area contributed by atoms with E-state index in [4.69, 9.17) is 10.00 Å². The molecule has 2 rings (SSSR count). The standard InChI is InChI=1S/C12H14N2O/c13-8-10-3-5-11(6-4-10)15-12-2-1-7-14-9-12/h3-6,12,14H,1-2,7,9H2/t12-/m1/s1. The van der Waals surface area contributed by atoms with E-state index in [2.05, 4.69) is 11.4 Å². The Labute approximate surface area is 89.7 Å². The van der Waals surface area contributed by atoms with Crippen LogP contribution in [0.5, 0.6) is 5.75 Å². The summed E-state index contributed by atoms with van der Waals surface area (Å²) < 4.78 is 5.78. The lowest BCUT2D eigenvalue weighted by molar-refractivity contribution is 0.167. The van der Waals surface area contributed by atoms with E-state index in [0.717, 1.165) is 25.3 Å². The molecule has 3 nitrogen and oxygen atoms in total. The van der Waals surface area contributed by atoms with Crippen LogP contribution in [0.25, 0.3) is 0 Å². The number of piperidine rings is 1. The molecular weight excluding hydrogens is 188 g/mol. The van der Waals surface area contributed by atoms with Crippen LogP contribution in [0.15, 0.2) is 24.3 Å². The Bertz CT molecular complexity index is 347. The second kappa shape index (κ2) is 4.81. The third kappa shape index (κ3) is 2.71. The molecule has 1 atom stereocenters. The molecule has 1 aliphatic heterocycles. The zero-order chi connectivity index (χ0) is 10.5. The fourth-order valence-corrected chi connectivity index (χ4v) is 1.72. The van der Waals surface area contributed by atoms with Gasteiger partial charge in [-0.1, -0.05) is 0 Å². The summed E-state index contributed by atoms with van der Waals surface area (Å²) in [6.45, 7) is 2.01. The fourth-order valence-electron chi connectivity index (χ4n) is 1.72. The minimum atomic E-state index is 0.270. The van der Waals surface area contributed by atoms with Crippen molar-refractivity contribution < 1.29 is 4.74 Å². The zero-order valence-corrected chi connectivity index (χ0v) is 8.57. The summed E-state index contributed by atoms with van der Waals surface area (Å²) in [5, 5.41) is 11.9. The van der Waals surface area contributed by atoms with E-state index in [0.29, 0.717) is 5.56 Å². The van der Waals surface area contributed by atoms with Gasteiger partial charge in [0.25, 0.3) is 0 Å². The van der Waals surface area contributed by atoms with E-state index >= 15 is 0 Å². The molecule has 15 heavy (non-hydrogen) atoms. The summed E-state index contributed by atoms with van der Waals surface area (Å²) in [5.41, 5.74) is 0.670. The first kappa shape index (κ1) is 10.0. The van der Waals surface area contributed by atoms with Crippen LogP contribution in [0.1, 0.15) is 18.4 Å². The molecule has 0 aromatic heterocycles. The van der Waals surface area contributed by atoms with Crippen molar-refractivity contribution in [3.63, 3.8) is 0 Å². The molecule has 78 valence electrons. The first-order chi connectivity index (χ1) is 7.38. The highest BCUT2D eigenvalue weighted by Crippen LogP contribution is 2.16. The molecule has 3 heteroatoms. The number of hydrogen-bond donors (Lipinski definition) is 1. The van der Waals surface area contributed by atoms with E-state index < -0.39 is 0 Å². The van der Waals surface area contributed by atoms with Gasteiger partial charge in [0, 0.05) is 6.54 Å². The normalized spacial score (nSPS) is 20.6. The predicted molar refractivity (Wildman–Crippen MR) is 57.7 cm³/mol. The van der Waals surface area contributed by atoms with Gasteiger partial charge in [-0.3, -0.25) is 0 Å².